The Morgan fingerprint density at radius 3 is 1.74 bits per heavy atom. The molecule has 8 rings (SSSR count). The maximum absolute atomic E-state index is 14.2. The molecule has 0 bridgehead atoms. The summed E-state index contributed by atoms with van der Waals surface area (Å²) in [5.74, 6) is -2.34. The Hall–Kier alpha value is -5.11. The molecular formula is C61H79NO15. The van der Waals surface area contributed by atoms with Crippen molar-refractivity contribution in [2.75, 3.05) is 13.7 Å². The van der Waals surface area contributed by atoms with Crippen LogP contribution >= 0.6 is 0 Å². The third-order valence-electron chi connectivity index (χ3n) is 15.5. The minimum Gasteiger partial charge on any atom is -0.469 e. The first kappa shape index (κ1) is 58.0. The van der Waals surface area contributed by atoms with Crippen molar-refractivity contribution in [2.24, 2.45) is 17.8 Å². The van der Waals surface area contributed by atoms with E-state index in [-0.39, 0.29) is 44.7 Å². The molecule has 2 saturated heterocycles. The van der Waals surface area contributed by atoms with Crippen molar-refractivity contribution < 1.29 is 72.0 Å². The first-order valence-corrected chi connectivity index (χ1v) is 27.6. The van der Waals surface area contributed by atoms with Gasteiger partial charge in [0.15, 0.2) is 18.7 Å². The van der Waals surface area contributed by atoms with Gasteiger partial charge in [-0.1, -0.05) is 167 Å². The van der Waals surface area contributed by atoms with Gasteiger partial charge in [0, 0.05) is 6.92 Å². The molecule has 16 nitrogen and oxygen atoms in total. The number of carbonyl (C=O) groups is 3. The lowest BCUT2D eigenvalue weighted by atomic mass is 9.76. The van der Waals surface area contributed by atoms with Crippen LogP contribution in [0.2, 0.25) is 0 Å². The van der Waals surface area contributed by atoms with E-state index in [1.54, 1.807) is 0 Å². The largest absolute Gasteiger partial charge is 0.469 e. The van der Waals surface area contributed by atoms with Gasteiger partial charge in [-0.15, -0.1) is 0 Å². The van der Waals surface area contributed by atoms with Crippen molar-refractivity contribution in [3.05, 3.63) is 144 Å². The highest BCUT2D eigenvalue weighted by Gasteiger charge is 2.54. The van der Waals surface area contributed by atoms with Gasteiger partial charge in [0.05, 0.1) is 57.8 Å². The molecule has 4 aromatic carbocycles. The molecule has 77 heavy (non-hydrogen) atoms. The van der Waals surface area contributed by atoms with Gasteiger partial charge < -0.3 is 62.9 Å². The Labute approximate surface area is 453 Å². The zero-order chi connectivity index (χ0) is 54.1. The Morgan fingerprint density at radius 2 is 1.21 bits per heavy atom. The smallest absolute Gasteiger partial charge is 0.335 e. The number of aliphatic hydroxyl groups excluding tert-OH is 2. The van der Waals surface area contributed by atoms with Crippen molar-refractivity contribution in [3.63, 3.8) is 0 Å². The van der Waals surface area contributed by atoms with Crippen LogP contribution in [-0.4, -0.2) is 121 Å². The van der Waals surface area contributed by atoms with Crippen LogP contribution in [0.1, 0.15) is 101 Å². The summed E-state index contributed by atoms with van der Waals surface area (Å²) in [5, 5.41) is 25.8. The molecule has 2 heterocycles. The third-order valence-corrected chi connectivity index (χ3v) is 15.5. The van der Waals surface area contributed by atoms with Gasteiger partial charge in [-0.25, -0.2) is 4.79 Å². The van der Waals surface area contributed by atoms with Crippen LogP contribution in [-0.2, 0) is 88.2 Å². The number of methoxy groups -OCH3 is 1. The SMILES string of the molecule is CCC1CC(C(=O)OC)C[C@@H](O[C@@H]2OC(CO)[C@H](O)C(O[C@@H](CC3CCCCC3)C(=O)OCc3ccccc3)C2NC(C)=O)C1O[C@@H]1OC(C)[C@@H](OCc2ccccc2)C(OCc2ccccc2)C1OCc1ccccc1. The Balaban J connectivity index is 1.12. The fourth-order valence-electron chi connectivity index (χ4n) is 11.4. The number of esters is 2. The van der Waals surface area contributed by atoms with Gasteiger partial charge in [-0.05, 0) is 60.3 Å². The van der Waals surface area contributed by atoms with E-state index in [9.17, 15) is 24.6 Å². The minimum absolute atomic E-state index is 0.00653. The average molecular weight is 1070 g/mol. The molecular weight excluding hydrogens is 987 g/mol. The highest BCUT2D eigenvalue weighted by atomic mass is 16.7. The molecule has 0 aromatic heterocycles. The highest BCUT2D eigenvalue weighted by Crippen LogP contribution is 2.41. The second-order valence-corrected chi connectivity index (χ2v) is 21.0. The summed E-state index contributed by atoms with van der Waals surface area (Å²) in [6, 6.07) is 37.6. The summed E-state index contributed by atoms with van der Waals surface area (Å²) in [6.07, 6.45) is -6.04. The summed E-state index contributed by atoms with van der Waals surface area (Å²) in [7, 11) is 1.35. The topological polar surface area (TPSA) is 196 Å². The number of ether oxygens (including phenoxy) is 10. The Bertz CT molecular complexity index is 2380. The lowest BCUT2D eigenvalue weighted by Gasteiger charge is -2.50. The van der Waals surface area contributed by atoms with Crippen molar-refractivity contribution >= 4 is 17.8 Å². The van der Waals surface area contributed by atoms with E-state index in [1.807, 2.05) is 135 Å². The van der Waals surface area contributed by atoms with E-state index >= 15 is 0 Å². The van der Waals surface area contributed by atoms with E-state index in [2.05, 4.69) is 5.32 Å². The van der Waals surface area contributed by atoms with Crippen LogP contribution < -0.4 is 5.32 Å². The summed E-state index contributed by atoms with van der Waals surface area (Å²) in [6.45, 7) is 5.32. The fourth-order valence-corrected chi connectivity index (χ4v) is 11.4. The summed E-state index contributed by atoms with van der Waals surface area (Å²) < 4.78 is 66.1. The molecule has 0 radical (unpaired) electrons. The number of carbonyl (C=O) groups excluding carboxylic acids is 3. The predicted octanol–water partition coefficient (Wildman–Crippen LogP) is 7.92. The second-order valence-electron chi connectivity index (χ2n) is 21.0. The molecule has 4 aliphatic rings. The van der Waals surface area contributed by atoms with E-state index in [1.165, 1.54) is 14.0 Å². The molecule has 1 amide bonds. The van der Waals surface area contributed by atoms with Crippen molar-refractivity contribution in [2.45, 2.75) is 185 Å². The lowest BCUT2D eigenvalue weighted by Crippen LogP contribution is -2.67. The normalized spacial score (nSPS) is 30.2. The molecule has 9 unspecified atom stereocenters. The van der Waals surface area contributed by atoms with Crippen LogP contribution in [0.4, 0.5) is 0 Å². The summed E-state index contributed by atoms with van der Waals surface area (Å²) in [4.78, 5) is 41.1. The average Bonchev–Trinajstić information content (AvgIpc) is 3.47. The molecule has 4 aromatic rings. The third kappa shape index (κ3) is 16.0. The number of hydrogen-bond donors (Lipinski definition) is 3. The van der Waals surface area contributed by atoms with Crippen LogP contribution in [0.5, 0.6) is 0 Å². The van der Waals surface area contributed by atoms with Crippen molar-refractivity contribution in [1.82, 2.24) is 5.32 Å². The number of rotatable bonds is 24. The zero-order valence-electron chi connectivity index (χ0n) is 44.9. The van der Waals surface area contributed by atoms with Gasteiger partial charge >= 0.3 is 11.9 Å². The molecule has 418 valence electrons. The van der Waals surface area contributed by atoms with E-state index in [0.29, 0.717) is 19.3 Å². The number of aliphatic hydroxyl groups is 2. The first-order chi connectivity index (χ1) is 37.5. The lowest BCUT2D eigenvalue weighted by molar-refractivity contribution is -0.351. The van der Waals surface area contributed by atoms with Crippen molar-refractivity contribution in [1.29, 1.82) is 0 Å². The van der Waals surface area contributed by atoms with Crippen LogP contribution in [0.15, 0.2) is 121 Å². The standard InChI is InChI=1S/C61H79NO15/c1-5-46-32-47(58(66)68-4)33-48(75-60-51(62-40(3)64)55(52(65)50(34-63)76-60)74-49(31-41-21-11-6-12-22-41)59(67)72-38-45-29-19-10-20-30-45)54(46)77-61-57(71-37-44-27-17-9-18-28-44)56(70-36-43-25-15-8-16-26-43)53(39(2)73-61)69-35-42-23-13-7-14-24-42/h7-10,13-20,23-30,39,41,46-57,60-61,63,65H,5-6,11-12,21-22,31-38H2,1-4H3,(H,62,64)/t39?,46?,47?,48-,49+,50?,51?,52+,53-,54?,55?,56?,57?,60-,61+/m1/s1. The van der Waals surface area contributed by atoms with E-state index in [0.717, 1.165) is 54.4 Å². The molecule has 0 spiro atoms. The van der Waals surface area contributed by atoms with E-state index in [4.69, 9.17) is 47.4 Å². The molecule has 2 saturated carbocycles. The number of hydrogen-bond acceptors (Lipinski definition) is 15. The highest BCUT2D eigenvalue weighted by molar-refractivity contribution is 5.75. The number of benzene rings is 4. The molecule has 15 atom stereocenters. The quantitative estimate of drug-likeness (QED) is 0.0572. The predicted molar refractivity (Wildman–Crippen MR) is 283 cm³/mol. The minimum atomic E-state index is -1.53. The van der Waals surface area contributed by atoms with Gasteiger partial charge in [0.1, 0.15) is 49.3 Å². The van der Waals surface area contributed by atoms with Gasteiger partial charge in [0.2, 0.25) is 5.91 Å². The number of nitrogens with one attached hydrogen (secondary N) is 1. The maximum atomic E-state index is 14.2. The molecule has 2 aliphatic heterocycles. The Morgan fingerprint density at radius 1 is 0.662 bits per heavy atom. The molecule has 3 N–H and O–H groups in total. The molecule has 16 heteroatoms. The van der Waals surface area contributed by atoms with Crippen LogP contribution in [0, 0.1) is 17.8 Å². The second kappa shape index (κ2) is 29.2. The number of amides is 1. The van der Waals surface area contributed by atoms with Crippen molar-refractivity contribution in [3.8, 4) is 0 Å². The van der Waals surface area contributed by atoms with E-state index < -0.39 is 110 Å². The van der Waals surface area contributed by atoms with Crippen LogP contribution in [0.3, 0.4) is 0 Å². The Kier molecular flexibility index (Phi) is 22.0. The van der Waals surface area contributed by atoms with Gasteiger partial charge in [-0.2, -0.15) is 0 Å². The summed E-state index contributed by atoms with van der Waals surface area (Å²) in [5.41, 5.74) is 3.64. The fraction of sp³-hybridized carbons (Fsp3) is 0.557. The maximum Gasteiger partial charge on any atom is 0.335 e. The van der Waals surface area contributed by atoms with Gasteiger partial charge in [0.25, 0.3) is 0 Å². The monoisotopic (exact) mass is 1070 g/mol. The summed E-state index contributed by atoms with van der Waals surface area (Å²) >= 11 is 0. The van der Waals surface area contributed by atoms with Gasteiger partial charge in [-0.3, -0.25) is 9.59 Å². The molecule has 4 fully saturated rings. The zero-order valence-corrected chi connectivity index (χ0v) is 44.9. The molecule has 2 aliphatic carbocycles. The first-order valence-electron chi connectivity index (χ1n) is 27.6. The van der Waals surface area contributed by atoms with Crippen LogP contribution in [0.25, 0.3) is 0 Å².